The quantitative estimate of drug-likeness (QED) is 0.828. The van der Waals surface area contributed by atoms with Gasteiger partial charge >= 0.3 is 0 Å². The molecule has 0 saturated carbocycles. The maximum Gasteiger partial charge on any atom is 0.0790 e. The summed E-state index contributed by atoms with van der Waals surface area (Å²) in [6, 6.07) is 18.5. The maximum absolute atomic E-state index is 9.88. The molecule has 0 aliphatic heterocycles. The van der Waals surface area contributed by atoms with Gasteiger partial charge in [0.15, 0.2) is 0 Å². The van der Waals surface area contributed by atoms with Crippen LogP contribution < -0.4 is 0 Å². The van der Waals surface area contributed by atoms with Gasteiger partial charge in [0, 0.05) is 0 Å². The molecule has 1 nitrogen and oxygen atoms in total. The van der Waals surface area contributed by atoms with Gasteiger partial charge in [-0.3, -0.25) is 0 Å². The average molecular weight is 226 g/mol. The van der Waals surface area contributed by atoms with Gasteiger partial charge in [-0.25, -0.2) is 0 Å². The Morgan fingerprint density at radius 1 is 0.882 bits per heavy atom. The molecule has 0 saturated heterocycles. The normalized spacial score (nSPS) is 12.4. The third kappa shape index (κ3) is 2.95. The number of hydrogen-bond donors (Lipinski definition) is 1. The number of hydrogen-bond acceptors (Lipinski definition) is 1. The lowest BCUT2D eigenvalue weighted by molar-refractivity contribution is 0.166. The van der Waals surface area contributed by atoms with Crippen molar-refractivity contribution in [3.8, 4) is 11.1 Å². The van der Waals surface area contributed by atoms with Crippen molar-refractivity contribution in [3.05, 3.63) is 60.2 Å². The fourth-order valence-corrected chi connectivity index (χ4v) is 1.97. The standard InChI is InChI=1S/C16H18O/c1-2-6-16(17)15-11-9-14(10-12-15)13-7-4-3-5-8-13/h3-5,7-12,16-17H,2,6H2,1H3/t16-/m1/s1. The van der Waals surface area contributed by atoms with Gasteiger partial charge < -0.3 is 5.11 Å². The van der Waals surface area contributed by atoms with E-state index < -0.39 is 0 Å². The van der Waals surface area contributed by atoms with E-state index in [9.17, 15) is 5.11 Å². The molecule has 0 bridgehead atoms. The highest BCUT2D eigenvalue weighted by molar-refractivity contribution is 5.63. The molecule has 2 rings (SSSR count). The Hall–Kier alpha value is -1.60. The van der Waals surface area contributed by atoms with E-state index in [-0.39, 0.29) is 6.10 Å². The van der Waals surface area contributed by atoms with E-state index in [4.69, 9.17) is 0 Å². The van der Waals surface area contributed by atoms with Crippen LogP contribution in [-0.2, 0) is 0 Å². The van der Waals surface area contributed by atoms with Gasteiger partial charge in [0.05, 0.1) is 6.10 Å². The van der Waals surface area contributed by atoms with E-state index in [1.165, 1.54) is 11.1 Å². The van der Waals surface area contributed by atoms with Crippen LogP contribution in [-0.4, -0.2) is 5.11 Å². The predicted octanol–water partition coefficient (Wildman–Crippen LogP) is 4.19. The minimum atomic E-state index is -0.329. The Morgan fingerprint density at radius 2 is 1.47 bits per heavy atom. The first-order chi connectivity index (χ1) is 8.31. The van der Waals surface area contributed by atoms with E-state index in [1.807, 2.05) is 30.3 Å². The first-order valence-corrected chi connectivity index (χ1v) is 6.14. The SMILES string of the molecule is CCC[C@@H](O)c1ccc(-c2ccccc2)cc1. The minimum absolute atomic E-state index is 0.329. The van der Waals surface area contributed by atoms with Gasteiger partial charge in [0.1, 0.15) is 0 Å². The Bertz CT molecular complexity index is 445. The molecule has 1 heteroatoms. The van der Waals surface area contributed by atoms with Gasteiger partial charge in [0.2, 0.25) is 0 Å². The maximum atomic E-state index is 9.88. The molecular weight excluding hydrogens is 208 g/mol. The Morgan fingerprint density at radius 3 is 2.06 bits per heavy atom. The van der Waals surface area contributed by atoms with Crippen LogP contribution in [0.4, 0.5) is 0 Å². The first-order valence-electron chi connectivity index (χ1n) is 6.14. The summed E-state index contributed by atoms with van der Waals surface area (Å²) in [7, 11) is 0. The first kappa shape index (κ1) is 11.9. The number of benzene rings is 2. The van der Waals surface area contributed by atoms with Gasteiger partial charge in [-0.1, -0.05) is 67.9 Å². The summed E-state index contributed by atoms with van der Waals surface area (Å²) in [5, 5.41) is 9.88. The van der Waals surface area contributed by atoms with Gasteiger partial charge in [-0.05, 0) is 23.1 Å². The molecule has 0 spiro atoms. The molecule has 2 aromatic carbocycles. The van der Waals surface area contributed by atoms with Crippen molar-refractivity contribution in [2.24, 2.45) is 0 Å². The van der Waals surface area contributed by atoms with E-state index in [1.54, 1.807) is 0 Å². The molecule has 0 fully saturated rings. The van der Waals surface area contributed by atoms with Crippen LogP contribution in [0.3, 0.4) is 0 Å². The van der Waals surface area contributed by atoms with Crippen LogP contribution in [0.15, 0.2) is 54.6 Å². The lowest BCUT2D eigenvalue weighted by atomic mass is 10.0. The van der Waals surface area contributed by atoms with Crippen molar-refractivity contribution in [3.63, 3.8) is 0 Å². The van der Waals surface area contributed by atoms with Crippen molar-refractivity contribution < 1.29 is 5.11 Å². The van der Waals surface area contributed by atoms with Crippen LogP contribution in [0.5, 0.6) is 0 Å². The molecule has 0 amide bonds. The van der Waals surface area contributed by atoms with Crippen LogP contribution >= 0.6 is 0 Å². The third-order valence-electron chi connectivity index (χ3n) is 2.96. The molecular formula is C16H18O. The van der Waals surface area contributed by atoms with E-state index in [2.05, 4.69) is 31.2 Å². The highest BCUT2D eigenvalue weighted by Crippen LogP contribution is 2.23. The van der Waals surface area contributed by atoms with Gasteiger partial charge in [0.25, 0.3) is 0 Å². The molecule has 1 atom stereocenters. The zero-order chi connectivity index (χ0) is 12.1. The van der Waals surface area contributed by atoms with E-state index in [0.717, 1.165) is 18.4 Å². The number of aliphatic hydroxyl groups excluding tert-OH is 1. The lowest BCUT2D eigenvalue weighted by Crippen LogP contribution is -1.96. The fourth-order valence-electron chi connectivity index (χ4n) is 1.97. The molecule has 0 radical (unpaired) electrons. The molecule has 88 valence electrons. The summed E-state index contributed by atoms with van der Waals surface area (Å²) in [6.45, 7) is 2.08. The predicted molar refractivity (Wildman–Crippen MR) is 71.7 cm³/mol. The highest BCUT2D eigenvalue weighted by atomic mass is 16.3. The molecule has 0 aliphatic rings. The minimum Gasteiger partial charge on any atom is -0.388 e. The van der Waals surface area contributed by atoms with E-state index in [0.29, 0.717) is 0 Å². The van der Waals surface area contributed by atoms with E-state index >= 15 is 0 Å². The van der Waals surface area contributed by atoms with Crippen LogP contribution in [0.25, 0.3) is 11.1 Å². The highest BCUT2D eigenvalue weighted by Gasteiger charge is 2.05. The monoisotopic (exact) mass is 226 g/mol. The average Bonchev–Trinajstić information content (AvgIpc) is 2.40. The summed E-state index contributed by atoms with van der Waals surface area (Å²) < 4.78 is 0. The number of rotatable bonds is 4. The van der Waals surface area contributed by atoms with Crippen LogP contribution in [0.2, 0.25) is 0 Å². The molecule has 0 aromatic heterocycles. The van der Waals surface area contributed by atoms with Crippen LogP contribution in [0.1, 0.15) is 31.4 Å². The second-order valence-electron chi connectivity index (χ2n) is 4.29. The molecule has 0 aliphatic carbocycles. The topological polar surface area (TPSA) is 20.2 Å². The summed E-state index contributed by atoms with van der Waals surface area (Å²) in [5.41, 5.74) is 3.41. The van der Waals surface area contributed by atoms with Crippen molar-refractivity contribution in [2.45, 2.75) is 25.9 Å². The largest absolute Gasteiger partial charge is 0.388 e. The second-order valence-corrected chi connectivity index (χ2v) is 4.29. The Kier molecular flexibility index (Phi) is 3.94. The van der Waals surface area contributed by atoms with Crippen molar-refractivity contribution in [2.75, 3.05) is 0 Å². The Balaban J connectivity index is 2.19. The van der Waals surface area contributed by atoms with Crippen molar-refractivity contribution in [1.82, 2.24) is 0 Å². The molecule has 17 heavy (non-hydrogen) atoms. The summed E-state index contributed by atoms with van der Waals surface area (Å²) in [6.07, 6.45) is 1.50. The van der Waals surface area contributed by atoms with Gasteiger partial charge in [-0.15, -0.1) is 0 Å². The second kappa shape index (κ2) is 5.65. The molecule has 0 unspecified atom stereocenters. The summed E-state index contributed by atoms with van der Waals surface area (Å²) in [4.78, 5) is 0. The third-order valence-corrected chi connectivity index (χ3v) is 2.96. The van der Waals surface area contributed by atoms with Gasteiger partial charge in [-0.2, -0.15) is 0 Å². The smallest absolute Gasteiger partial charge is 0.0790 e. The number of aliphatic hydroxyl groups is 1. The Labute approximate surface area is 103 Å². The molecule has 2 aromatic rings. The molecule has 0 heterocycles. The van der Waals surface area contributed by atoms with Crippen LogP contribution in [0, 0.1) is 0 Å². The zero-order valence-electron chi connectivity index (χ0n) is 10.1. The molecule has 1 N–H and O–H groups in total. The van der Waals surface area contributed by atoms with Crippen molar-refractivity contribution in [1.29, 1.82) is 0 Å². The summed E-state index contributed by atoms with van der Waals surface area (Å²) >= 11 is 0. The zero-order valence-corrected chi connectivity index (χ0v) is 10.1. The lowest BCUT2D eigenvalue weighted by Gasteiger charge is -2.10. The fraction of sp³-hybridized carbons (Fsp3) is 0.250. The van der Waals surface area contributed by atoms with Crippen molar-refractivity contribution >= 4 is 0 Å². The summed E-state index contributed by atoms with van der Waals surface area (Å²) in [5.74, 6) is 0.